The summed E-state index contributed by atoms with van der Waals surface area (Å²) in [6, 6.07) is 0. The second-order valence-corrected chi connectivity index (χ2v) is 5.98. The lowest BCUT2D eigenvalue weighted by Gasteiger charge is -2.41. The fourth-order valence-electron chi connectivity index (χ4n) is 3.64. The zero-order chi connectivity index (χ0) is 13.3. The molecule has 4 nitrogen and oxygen atoms in total. The number of carboxylic acids is 1. The maximum absolute atomic E-state index is 11.2. The molecule has 1 heterocycles. The first-order chi connectivity index (χ1) is 8.50. The summed E-state index contributed by atoms with van der Waals surface area (Å²) in [5.41, 5.74) is 0. The summed E-state index contributed by atoms with van der Waals surface area (Å²) < 4.78 is 5.78. The Morgan fingerprint density at radius 3 is 2.61 bits per heavy atom. The second-order valence-electron chi connectivity index (χ2n) is 5.98. The van der Waals surface area contributed by atoms with Crippen LogP contribution in [0.2, 0.25) is 0 Å². The highest BCUT2D eigenvalue weighted by Gasteiger charge is 2.43. The largest absolute Gasteiger partial charge is 0.481 e. The van der Waals surface area contributed by atoms with E-state index in [1.54, 1.807) is 6.92 Å². The summed E-state index contributed by atoms with van der Waals surface area (Å²) in [6.07, 6.45) is 3.40. The normalized spacial score (nSPS) is 42.7. The summed E-state index contributed by atoms with van der Waals surface area (Å²) in [5, 5.41) is 19.4. The molecule has 0 aromatic heterocycles. The Hall–Kier alpha value is -0.610. The Labute approximate surface area is 108 Å². The van der Waals surface area contributed by atoms with Gasteiger partial charge in [-0.3, -0.25) is 4.79 Å². The molecule has 2 rings (SSSR count). The molecule has 1 aliphatic heterocycles. The Morgan fingerprint density at radius 2 is 1.94 bits per heavy atom. The molecule has 2 N–H and O–H groups in total. The van der Waals surface area contributed by atoms with Crippen molar-refractivity contribution in [2.75, 3.05) is 6.61 Å². The summed E-state index contributed by atoms with van der Waals surface area (Å²) in [5.74, 6) is -0.518. The van der Waals surface area contributed by atoms with E-state index in [-0.39, 0.29) is 35.9 Å². The van der Waals surface area contributed by atoms with Gasteiger partial charge in [-0.2, -0.15) is 0 Å². The average Bonchev–Trinajstić information content (AvgIpc) is 2.52. The van der Waals surface area contributed by atoms with Crippen LogP contribution in [0.5, 0.6) is 0 Å². The topological polar surface area (TPSA) is 66.8 Å². The van der Waals surface area contributed by atoms with E-state index in [9.17, 15) is 15.0 Å². The Bertz CT molecular complexity index is 304. The number of aliphatic hydroxyl groups is 1. The van der Waals surface area contributed by atoms with Gasteiger partial charge in [0.1, 0.15) is 0 Å². The van der Waals surface area contributed by atoms with Gasteiger partial charge in [-0.05, 0) is 50.4 Å². The molecule has 0 aromatic rings. The number of carbonyl (C=O) groups is 1. The molecule has 2 aliphatic rings. The number of aliphatic carboxylic acids is 1. The lowest BCUT2D eigenvalue weighted by Crippen LogP contribution is -2.43. The van der Waals surface area contributed by atoms with Gasteiger partial charge >= 0.3 is 5.97 Å². The van der Waals surface area contributed by atoms with Gasteiger partial charge in [0.05, 0.1) is 24.7 Å². The van der Waals surface area contributed by atoms with E-state index in [2.05, 4.69) is 6.92 Å². The Morgan fingerprint density at radius 1 is 1.22 bits per heavy atom. The summed E-state index contributed by atoms with van der Waals surface area (Å²) >= 11 is 0. The third-order valence-corrected chi connectivity index (χ3v) is 4.90. The van der Waals surface area contributed by atoms with Crippen LogP contribution in [0.15, 0.2) is 0 Å². The van der Waals surface area contributed by atoms with Gasteiger partial charge in [-0.25, -0.2) is 0 Å². The van der Waals surface area contributed by atoms with Gasteiger partial charge in [-0.1, -0.05) is 6.92 Å². The lowest BCUT2D eigenvalue weighted by molar-refractivity contribution is -0.146. The molecule has 6 unspecified atom stereocenters. The van der Waals surface area contributed by atoms with E-state index < -0.39 is 5.97 Å². The van der Waals surface area contributed by atoms with Crippen LogP contribution in [-0.4, -0.2) is 35.0 Å². The molecule has 2 fully saturated rings. The predicted octanol–water partition coefficient (Wildman–Crippen LogP) is 1.91. The van der Waals surface area contributed by atoms with Crippen molar-refractivity contribution in [3.05, 3.63) is 0 Å². The smallest absolute Gasteiger partial charge is 0.306 e. The van der Waals surface area contributed by atoms with Crippen molar-refractivity contribution >= 4 is 5.97 Å². The van der Waals surface area contributed by atoms with Crippen molar-refractivity contribution < 1.29 is 19.7 Å². The molecule has 1 aliphatic carbocycles. The summed E-state index contributed by atoms with van der Waals surface area (Å²) in [6.45, 7) is 4.45. The van der Waals surface area contributed by atoms with Gasteiger partial charge in [0, 0.05) is 0 Å². The minimum absolute atomic E-state index is 0.140. The van der Waals surface area contributed by atoms with E-state index in [4.69, 9.17) is 4.74 Å². The molecular weight excluding hydrogens is 232 g/mol. The van der Waals surface area contributed by atoms with Crippen LogP contribution >= 0.6 is 0 Å². The van der Waals surface area contributed by atoms with Crippen molar-refractivity contribution in [1.29, 1.82) is 0 Å². The first-order valence-corrected chi connectivity index (χ1v) is 7.03. The monoisotopic (exact) mass is 256 g/mol. The van der Waals surface area contributed by atoms with Crippen molar-refractivity contribution in [2.45, 2.75) is 51.7 Å². The van der Waals surface area contributed by atoms with Crippen LogP contribution in [0, 0.1) is 23.7 Å². The van der Waals surface area contributed by atoms with Crippen LogP contribution in [0.3, 0.4) is 0 Å². The maximum atomic E-state index is 11.2. The van der Waals surface area contributed by atoms with Gasteiger partial charge in [-0.15, -0.1) is 0 Å². The molecule has 0 radical (unpaired) electrons. The van der Waals surface area contributed by atoms with Gasteiger partial charge < -0.3 is 14.9 Å². The predicted molar refractivity (Wildman–Crippen MR) is 67.2 cm³/mol. The number of hydrogen-bond donors (Lipinski definition) is 2. The van der Waals surface area contributed by atoms with E-state index in [0.717, 1.165) is 25.7 Å². The molecule has 6 atom stereocenters. The Balaban J connectivity index is 2.15. The SMILES string of the molecule is CC1CCC2C(O)CCC(C(C)C(=O)O)C2CO1. The Kier molecular flexibility index (Phi) is 4.28. The first-order valence-electron chi connectivity index (χ1n) is 7.03. The minimum atomic E-state index is -0.729. The number of hydrogen-bond acceptors (Lipinski definition) is 3. The van der Waals surface area contributed by atoms with Crippen LogP contribution in [0.25, 0.3) is 0 Å². The number of aliphatic hydroxyl groups excluding tert-OH is 1. The van der Waals surface area contributed by atoms with Crippen molar-refractivity contribution in [1.82, 2.24) is 0 Å². The summed E-state index contributed by atoms with van der Waals surface area (Å²) in [7, 11) is 0. The van der Waals surface area contributed by atoms with Crippen LogP contribution < -0.4 is 0 Å². The van der Waals surface area contributed by atoms with E-state index in [1.807, 2.05) is 0 Å². The second kappa shape index (κ2) is 5.57. The van der Waals surface area contributed by atoms with Gasteiger partial charge in [0.2, 0.25) is 0 Å². The lowest BCUT2D eigenvalue weighted by atomic mass is 9.65. The number of ether oxygens (including phenoxy) is 1. The van der Waals surface area contributed by atoms with E-state index in [1.165, 1.54) is 0 Å². The third kappa shape index (κ3) is 2.69. The van der Waals surface area contributed by atoms with E-state index in [0.29, 0.717) is 6.61 Å². The third-order valence-electron chi connectivity index (χ3n) is 4.90. The van der Waals surface area contributed by atoms with Gasteiger partial charge in [0.15, 0.2) is 0 Å². The molecule has 1 saturated heterocycles. The van der Waals surface area contributed by atoms with Gasteiger partial charge in [0.25, 0.3) is 0 Å². The molecule has 0 bridgehead atoms. The van der Waals surface area contributed by atoms with E-state index >= 15 is 0 Å². The first kappa shape index (κ1) is 13.8. The molecule has 0 aromatic carbocycles. The maximum Gasteiger partial charge on any atom is 0.306 e. The standard InChI is InChI=1S/C14H24O4/c1-8-3-4-11-12(7-18-8)10(5-6-13(11)15)9(2)14(16)17/h8-13,15H,3-7H2,1-2H3,(H,16,17). The summed E-state index contributed by atoms with van der Waals surface area (Å²) in [4.78, 5) is 11.2. The number of fused-ring (bicyclic) bond motifs is 1. The molecule has 18 heavy (non-hydrogen) atoms. The average molecular weight is 256 g/mol. The zero-order valence-electron chi connectivity index (χ0n) is 11.2. The number of carboxylic acid groups (broad SMARTS) is 1. The van der Waals surface area contributed by atoms with Crippen LogP contribution in [-0.2, 0) is 9.53 Å². The molecule has 104 valence electrons. The zero-order valence-corrected chi connectivity index (χ0v) is 11.2. The van der Waals surface area contributed by atoms with Crippen LogP contribution in [0.1, 0.15) is 39.5 Å². The molecule has 0 spiro atoms. The van der Waals surface area contributed by atoms with Crippen molar-refractivity contribution in [3.8, 4) is 0 Å². The number of rotatable bonds is 2. The molecule has 1 saturated carbocycles. The van der Waals surface area contributed by atoms with Crippen molar-refractivity contribution in [3.63, 3.8) is 0 Å². The quantitative estimate of drug-likeness (QED) is 0.792. The van der Waals surface area contributed by atoms with Crippen molar-refractivity contribution in [2.24, 2.45) is 23.7 Å². The minimum Gasteiger partial charge on any atom is -0.481 e. The highest BCUT2D eigenvalue weighted by Crippen LogP contribution is 2.43. The van der Waals surface area contributed by atoms with Crippen LogP contribution in [0.4, 0.5) is 0 Å². The molecule has 4 heteroatoms. The fraction of sp³-hybridized carbons (Fsp3) is 0.929. The highest BCUT2D eigenvalue weighted by molar-refractivity contribution is 5.69. The highest BCUT2D eigenvalue weighted by atomic mass is 16.5. The molecule has 0 amide bonds. The molecular formula is C14H24O4. The fourth-order valence-corrected chi connectivity index (χ4v) is 3.64.